The summed E-state index contributed by atoms with van der Waals surface area (Å²) in [7, 11) is 0. The van der Waals surface area contributed by atoms with Crippen LogP contribution in [0.25, 0.3) is 0 Å². The van der Waals surface area contributed by atoms with Gasteiger partial charge in [-0.3, -0.25) is 4.79 Å². The van der Waals surface area contributed by atoms with Gasteiger partial charge in [0.1, 0.15) is 5.38 Å². The molecule has 0 fully saturated rings. The summed E-state index contributed by atoms with van der Waals surface area (Å²) >= 11 is 5.82. The van der Waals surface area contributed by atoms with Crippen LogP contribution in [0.15, 0.2) is 43.2 Å². The second kappa shape index (κ2) is 5.45. The van der Waals surface area contributed by atoms with Gasteiger partial charge in [-0.1, -0.05) is 36.9 Å². The summed E-state index contributed by atoms with van der Waals surface area (Å²) in [5, 5.41) is -0.657. The Balaban J connectivity index is 2.52. The van der Waals surface area contributed by atoms with Gasteiger partial charge in [-0.15, -0.1) is 11.6 Å². The van der Waals surface area contributed by atoms with E-state index in [9.17, 15) is 4.79 Å². The van der Waals surface area contributed by atoms with E-state index in [0.29, 0.717) is 6.42 Å². The van der Waals surface area contributed by atoms with Crippen LogP contribution in [0, 0.1) is 0 Å². The molecule has 14 heavy (non-hydrogen) atoms. The topological polar surface area (TPSA) is 26.3 Å². The number of benzene rings is 1. The van der Waals surface area contributed by atoms with Crippen LogP contribution >= 0.6 is 11.6 Å². The van der Waals surface area contributed by atoms with Gasteiger partial charge in [0.05, 0.1) is 6.26 Å². The lowest BCUT2D eigenvalue weighted by atomic mass is 10.1. The van der Waals surface area contributed by atoms with Gasteiger partial charge in [0.2, 0.25) is 0 Å². The lowest BCUT2D eigenvalue weighted by Crippen LogP contribution is -2.18. The highest BCUT2D eigenvalue weighted by Gasteiger charge is 2.16. The van der Waals surface area contributed by atoms with Crippen molar-refractivity contribution >= 4 is 17.6 Å². The molecule has 0 amide bonds. The SMILES string of the molecule is C=COC(=O)C(Cl)Cc1ccccc1. The van der Waals surface area contributed by atoms with E-state index in [4.69, 9.17) is 11.6 Å². The summed E-state index contributed by atoms with van der Waals surface area (Å²) < 4.78 is 4.57. The Bertz CT molecular complexity index is 308. The molecule has 0 spiro atoms. The second-order valence-electron chi connectivity index (χ2n) is 2.76. The Morgan fingerprint density at radius 3 is 2.71 bits per heavy atom. The predicted octanol–water partition coefficient (Wildman–Crippen LogP) is 2.52. The van der Waals surface area contributed by atoms with E-state index in [1.54, 1.807) is 0 Å². The number of carbonyl (C=O) groups excluding carboxylic acids is 1. The summed E-state index contributed by atoms with van der Waals surface area (Å²) in [5.41, 5.74) is 1.01. The Hall–Kier alpha value is -1.28. The summed E-state index contributed by atoms with van der Waals surface area (Å²) in [6.07, 6.45) is 1.55. The molecule has 0 radical (unpaired) electrons. The lowest BCUT2D eigenvalue weighted by Gasteiger charge is -2.06. The fourth-order valence-corrected chi connectivity index (χ4v) is 1.29. The minimum Gasteiger partial charge on any atom is -0.434 e. The molecule has 3 heteroatoms. The fourth-order valence-electron chi connectivity index (χ4n) is 1.06. The Labute approximate surface area is 88.1 Å². The second-order valence-corrected chi connectivity index (χ2v) is 3.29. The van der Waals surface area contributed by atoms with Gasteiger partial charge in [-0.05, 0) is 12.0 Å². The molecule has 1 aromatic rings. The van der Waals surface area contributed by atoms with Crippen LogP contribution in [0.4, 0.5) is 0 Å². The molecule has 1 rings (SSSR count). The van der Waals surface area contributed by atoms with Crippen LogP contribution in [0.1, 0.15) is 5.56 Å². The van der Waals surface area contributed by atoms with Crippen LogP contribution in [-0.4, -0.2) is 11.3 Å². The van der Waals surface area contributed by atoms with E-state index in [1.807, 2.05) is 30.3 Å². The zero-order valence-electron chi connectivity index (χ0n) is 7.65. The van der Waals surface area contributed by atoms with Gasteiger partial charge in [-0.2, -0.15) is 0 Å². The number of halogens is 1. The molecule has 1 unspecified atom stereocenters. The number of alkyl halides is 1. The van der Waals surface area contributed by atoms with Crippen molar-refractivity contribution in [2.24, 2.45) is 0 Å². The van der Waals surface area contributed by atoms with Crippen molar-refractivity contribution < 1.29 is 9.53 Å². The Kier molecular flexibility index (Phi) is 4.20. The third kappa shape index (κ3) is 3.23. The number of hydrogen-bond acceptors (Lipinski definition) is 2. The maximum atomic E-state index is 11.1. The zero-order chi connectivity index (χ0) is 10.4. The highest BCUT2D eigenvalue weighted by molar-refractivity contribution is 6.30. The van der Waals surface area contributed by atoms with E-state index in [-0.39, 0.29) is 0 Å². The number of hydrogen-bond donors (Lipinski definition) is 0. The predicted molar refractivity (Wildman–Crippen MR) is 56.1 cm³/mol. The van der Waals surface area contributed by atoms with Crippen LogP contribution < -0.4 is 0 Å². The van der Waals surface area contributed by atoms with Gasteiger partial charge in [0.25, 0.3) is 0 Å². The van der Waals surface area contributed by atoms with Gasteiger partial charge in [-0.25, -0.2) is 0 Å². The van der Waals surface area contributed by atoms with Crippen molar-refractivity contribution in [3.8, 4) is 0 Å². The van der Waals surface area contributed by atoms with Gasteiger partial charge < -0.3 is 4.74 Å². The number of carbonyl (C=O) groups is 1. The minimum absolute atomic E-state index is 0.467. The van der Waals surface area contributed by atoms with Gasteiger partial charge >= 0.3 is 5.97 Å². The molecule has 1 atom stereocenters. The van der Waals surface area contributed by atoms with Crippen molar-refractivity contribution in [3.05, 3.63) is 48.7 Å². The molecular weight excluding hydrogens is 200 g/mol. The smallest absolute Gasteiger partial charge is 0.329 e. The van der Waals surface area contributed by atoms with Crippen LogP contribution in [-0.2, 0) is 16.0 Å². The third-order valence-corrected chi connectivity index (χ3v) is 2.05. The monoisotopic (exact) mass is 210 g/mol. The van der Waals surface area contributed by atoms with Crippen molar-refractivity contribution in [1.82, 2.24) is 0 Å². The van der Waals surface area contributed by atoms with E-state index in [0.717, 1.165) is 11.8 Å². The molecule has 0 aliphatic heterocycles. The van der Waals surface area contributed by atoms with Crippen LogP contribution in [0.3, 0.4) is 0 Å². The molecule has 1 aromatic carbocycles. The first-order valence-electron chi connectivity index (χ1n) is 4.23. The van der Waals surface area contributed by atoms with E-state index < -0.39 is 11.3 Å². The average Bonchev–Trinajstić information content (AvgIpc) is 2.19. The molecular formula is C11H11ClO2. The molecule has 0 aliphatic rings. The van der Waals surface area contributed by atoms with Gasteiger partial charge in [0, 0.05) is 0 Å². The molecule has 0 N–H and O–H groups in total. The lowest BCUT2D eigenvalue weighted by molar-refractivity contribution is -0.137. The number of ether oxygens (including phenoxy) is 1. The molecule has 0 saturated carbocycles. The first-order valence-corrected chi connectivity index (χ1v) is 4.67. The van der Waals surface area contributed by atoms with E-state index in [2.05, 4.69) is 11.3 Å². The third-order valence-electron chi connectivity index (χ3n) is 1.71. The molecule has 0 aromatic heterocycles. The summed E-state index contributed by atoms with van der Waals surface area (Å²) in [6, 6.07) is 9.54. The van der Waals surface area contributed by atoms with Crippen molar-refractivity contribution in [2.45, 2.75) is 11.8 Å². The highest BCUT2D eigenvalue weighted by Crippen LogP contribution is 2.09. The minimum atomic E-state index is -0.657. The number of rotatable bonds is 4. The maximum Gasteiger partial charge on any atom is 0.329 e. The van der Waals surface area contributed by atoms with E-state index >= 15 is 0 Å². The Morgan fingerprint density at radius 1 is 1.50 bits per heavy atom. The molecule has 0 heterocycles. The maximum absolute atomic E-state index is 11.1. The van der Waals surface area contributed by atoms with E-state index in [1.165, 1.54) is 0 Å². The fraction of sp³-hybridized carbons (Fsp3) is 0.182. The normalized spacial score (nSPS) is 11.8. The summed E-state index contributed by atoms with van der Waals surface area (Å²) in [4.78, 5) is 11.1. The summed E-state index contributed by atoms with van der Waals surface area (Å²) in [5.74, 6) is -0.467. The molecule has 2 nitrogen and oxygen atoms in total. The first kappa shape index (κ1) is 10.8. The standard InChI is InChI=1S/C11H11ClO2/c1-2-14-11(13)10(12)8-9-6-4-3-5-7-9/h2-7,10H,1,8H2. The number of esters is 1. The Morgan fingerprint density at radius 2 is 2.14 bits per heavy atom. The highest BCUT2D eigenvalue weighted by atomic mass is 35.5. The molecule has 74 valence electrons. The quantitative estimate of drug-likeness (QED) is 0.434. The molecule has 0 bridgehead atoms. The van der Waals surface area contributed by atoms with Crippen LogP contribution in [0.2, 0.25) is 0 Å². The van der Waals surface area contributed by atoms with Gasteiger partial charge in [0.15, 0.2) is 0 Å². The summed E-state index contributed by atoms with van der Waals surface area (Å²) in [6.45, 7) is 3.29. The largest absolute Gasteiger partial charge is 0.434 e. The van der Waals surface area contributed by atoms with Crippen LogP contribution in [0.5, 0.6) is 0 Å². The van der Waals surface area contributed by atoms with Crippen molar-refractivity contribution in [2.75, 3.05) is 0 Å². The molecule has 0 saturated heterocycles. The zero-order valence-corrected chi connectivity index (χ0v) is 8.41. The average molecular weight is 211 g/mol. The first-order chi connectivity index (χ1) is 6.74. The molecule has 0 aliphatic carbocycles. The van der Waals surface area contributed by atoms with Crippen molar-refractivity contribution in [3.63, 3.8) is 0 Å². The van der Waals surface area contributed by atoms with Crippen molar-refractivity contribution in [1.29, 1.82) is 0 Å².